The molecule has 0 aliphatic heterocycles. The van der Waals surface area contributed by atoms with Gasteiger partial charge in [0.05, 0.1) is 12.2 Å². The van der Waals surface area contributed by atoms with Crippen LogP contribution in [-0.4, -0.2) is 59.6 Å². The van der Waals surface area contributed by atoms with Crippen LogP contribution in [0.15, 0.2) is 36.4 Å². The summed E-state index contributed by atoms with van der Waals surface area (Å²) in [4.78, 5) is 0. The van der Waals surface area contributed by atoms with E-state index in [0.717, 1.165) is 42.6 Å². The smallest absolute Gasteiger partial charge is 0.122 e. The Kier molecular flexibility index (Phi) is 14.6. The second-order valence-corrected chi connectivity index (χ2v) is 11.9. The molecule has 0 aromatic heterocycles. The SMILES string of the molecule is CCCCCCCCOC(C)(C)[C@@H](O)COc1ccc(C(CC)(CC)c2ccc(OC[C@@H](O)CO)c(C)c2)cc1C. The van der Waals surface area contributed by atoms with Crippen molar-refractivity contribution in [1.29, 1.82) is 0 Å². The topological polar surface area (TPSA) is 88.4 Å². The van der Waals surface area contributed by atoms with Crippen molar-refractivity contribution in [1.82, 2.24) is 0 Å². The molecule has 232 valence electrons. The summed E-state index contributed by atoms with van der Waals surface area (Å²) in [6.07, 6.45) is 7.46. The fourth-order valence-electron chi connectivity index (χ4n) is 5.37. The maximum Gasteiger partial charge on any atom is 0.122 e. The summed E-state index contributed by atoms with van der Waals surface area (Å²) in [7, 11) is 0. The third kappa shape index (κ3) is 9.99. The van der Waals surface area contributed by atoms with Crippen LogP contribution in [0.5, 0.6) is 11.5 Å². The molecule has 6 nitrogen and oxygen atoms in total. The Balaban J connectivity index is 2.07. The van der Waals surface area contributed by atoms with Gasteiger partial charge in [0.25, 0.3) is 0 Å². The lowest BCUT2D eigenvalue weighted by Gasteiger charge is -2.34. The second-order valence-electron chi connectivity index (χ2n) is 11.9. The summed E-state index contributed by atoms with van der Waals surface area (Å²) in [5.74, 6) is 1.47. The van der Waals surface area contributed by atoms with Crippen molar-refractivity contribution in [3.63, 3.8) is 0 Å². The highest BCUT2D eigenvalue weighted by atomic mass is 16.5. The fourth-order valence-corrected chi connectivity index (χ4v) is 5.37. The van der Waals surface area contributed by atoms with Crippen LogP contribution in [0.1, 0.15) is 108 Å². The van der Waals surface area contributed by atoms with Gasteiger partial charge in [-0.05, 0) is 81.3 Å². The Labute approximate surface area is 249 Å². The summed E-state index contributed by atoms with van der Waals surface area (Å²) in [6, 6.07) is 12.6. The summed E-state index contributed by atoms with van der Waals surface area (Å²) in [6.45, 7) is 15.1. The Morgan fingerprint density at radius 3 is 1.73 bits per heavy atom. The summed E-state index contributed by atoms with van der Waals surface area (Å²) < 4.78 is 17.9. The van der Waals surface area contributed by atoms with Crippen molar-refractivity contribution < 1.29 is 29.5 Å². The van der Waals surface area contributed by atoms with Gasteiger partial charge < -0.3 is 29.5 Å². The molecule has 2 rings (SSSR count). The average Bonchev–Trinajstić information content (AvgIpc) is 2.96. The van der Waals surface area contributed by atoms with Crippen LogP contribution in [0, 0.1) is 13.8 Å². The van der Waals surface area contributed by atoms with E-state index in [1.807, 2.05) is 32.9 Å². The van der Waals surface area contributed by atoms with Crippen molar-refractivity contribution in [2.45, 2.75) is 123 Å². The van der Waals surface area contributed by atoms with Gasteiger partial charge in [-0.1, -0.05) is 77.1 Å². The van der Waals surface area contributed by atoms with Crippen LogP contribution in [0.25, 0.3) is 0 Å². The van der Waals surface area contributed by atoms with Crippen LogP contribution in [0.4, 0.5) is 0 Å². The maximum atomic E-state index is 10.9. The monoisotopic (exact) mass is 572 g/mol. The zero-order valence-corrected chi connectivity index (χ0v) is 26.7. The molecular formula is C35H56O6. The highest BCUT2D eigenvalue weighted by Crippen LogP contribution is 2.41. The Bertz CT molecular complexity index is 1030. The first-order valence-electron chi connectivity index (χ1n) is 15.6. The van der Waals surface area contributed by atoms with E-state index in [4.69, 9.17) is 19.3 Å². The molecule has 0 spiro atoms. The van der Waals surface area contributed by atoms with E-state index in [9.17, 15) is 10.2 Å². The van der Waals surface area contributed by atoms with E-state index in [-0.39, 0.29) is 25.2 Å². The summed E-state index contributed by atoms with van der Waals surface area (Å²) >= 11 is 0. The Hall–Kier alpha value is -2.12. The minimum absolute atomic E-state index is 0.0567. The molecule has 2 atom stereocenters. The molecule has 2 aromatic rings. The van der Waals surface area contributed by atoms with Crippen molar-refractivity contribution in [2.75, 3.05) is 26.4 Å². The number of aliphatic hydroxyl groups is 3. The van der Waals surface area contributed by atoms with Crippen LogP contribution < -0.4 is 9.47 Å². The van der Waals surface area contributed by atoms with Gasteiger partial charge in [0, 0.05) is 12.0 Å². The molecule has 0 saturated heterocycles. The zero-order valence-electron chi connectivity index (χ0n) is 26.7. The van der Waals surface area contributed by atoms with E-state index in [1.165, 1.54) is 36.8 Å². The van der Waals surface area contributed by atoms with E-state index in [0.29, 0.717) is 12.4 Å². The highest BCUT2D eigenvalue weighted by molar-refractivity contribution is 5.48. The number of aliphatic hydroxyl groups excluding tert-OH is 3. The minimum atomic E-state index is -0.895. The number of benzene rings is 2. The standard InChI is InChI=1S/C35H56O6/c1-8-11-12-13-14-15-20-41-34(6,7)33(38)25-40-32-19-17-29(22-27(32)5)35(9-2,10-3)28-16-18-31(26(4)21-28)39-24-30(37)23-36/h16-19,21-22,30,33,36-38H,8-15,20,23-25H2,1-7H3/t30-,33-/m0/s1. The van der Waals surface area contributed by atoms with Gasteiger partial charge in [-0.15, -0.1) is 0 Å². The van der Waals surface area contributed by atoms with E-state index < -0.39 is 17.8 Å². The van der Waals surface area contributed by atoms with E-state index >= 15 is 0 Å². The van der Waals surface area contributed by atoms with Crippen molar-refractivity contribution >= 4 is 0 Å². The number of unbranched alkanes of at least 4 members (excludes halogenated alkanes) is 5. The van der Waals surface area contributed by atoms with E-state index in [1.54, 1.807) is 0 Å². The summed E-state index contributed by atoms with van der Waals surface area (Å²) in [5, 5.41) is 29.6. The molecule has 6 heteroatoms. The predicted octanol–water partition coefficient (Wildman–Crippen LogP) is 7.04. The van der Waals surface area contributed by atoms with Gasteiger partial charge in [0.2, 0.25) is 0 Å². The van der Waals surface area contributed by atoms with Crippen LogP contribution in [0.3, 0.4) is 0 Å². The van der Waals surface area contributed by atoms with Crippen LogP contribution in [-0.2, 0) is 10.2 Å². The normalized spacial score (nSPS) is 13.7. The average molecular weight is 573 g/mol. The second kappa shape index (κ2) is 17.1. The van der Waals surface area contributed by atoms with Gasteiger partial charge in [-0.3, -0.25) is 0 Å². The molecule has 41 heavy (non-hydrogen) atoms. The number of rotatable bonds is 20. The van der Waals surface area contributed by atoms with Gasteiger partial charge in [0.1, 0.15) is 36.9 Å². The van der Waals surface area contributed by atoms with E-state index in [2.05, 4.69) is 52.0 Å². The zero-order chi connectivity index (χ0) is 30.5. The molecule has 2 aromatic carbocycles. The molecule has 0 aliphatic rings. The molecule has 0 fully saturated rings. The first-order valence-corrected chi connectivity index (χ1v) is 15.6. The largest absolute Gasteiger partial charge is 0.491 e. The quantitative estimate of drug-likeness (QED) is 0.148. The number of hydrogen-bond donors (Lipinski definition) is 3. The molecular weight excluding hydrogens is 516 g/mol. The third-order valence-electron chi connectivity index (χ3n) is 8.48. The van der Waals surface area contributed by atoms with Gasteiger partial charge in [0.15, 0.2) is 0 Å². The lowest BCUT2D eigenvalue weighted by Crippen LogP contribution is -2.43. The molecule has 0 amide bonds. The fraction of sp³-hybridized carbons (Fsp3) is 0.657. The molecule has 0 radical (unpaired) electrons. The van der Waals surface area contributed by atoms with Crippen LogP contribution in [0.2, 0.25) is 0 Å². The minimum Gasteiger partial charge on any atom is -0.491 e. The molecule has 0 heterocycles. The predicted molar refractivity (Wildman–Crippen MR) is 167 cm³/mol. The molecule has 0 unspecified atom stereocenters. The van der Waals surface area contributed by atoms with Gasteiger partial charge in [-0.2, -0.15) is 0 Å². The highest BCUT2D eigenvalue weighted by Gasteiger charge is 2.32. The Morgan fingerprint density at radius 1 is 0.732 bits per heavy atom. The van der Waals surface area contributed by atoms with Crippen molar-refractivity contribution in [2.24, 2.45) is 0 Å². The first-order chi connectivity index (χ1) is 19.5. The van der Waals surface area contributed by atoms with Gasteiger partial charge >= 0.3 is 0 Å². The maximum absolute atomic E-state index is 10.9. The first kappa shape index (κ1) is 35.1. The number of aryl methyl sites for hydroxylation is 2. The third-order valence-corrected chi connectivity index (χ3v) is 8.48. The lowest BCUT2D eigenvalue weighted by atomic mass is 9.70. The van der Waals surface area contributed by atoms with Gasteiger partial charge in [-0.25, -0.2) is 0 Å². The molecule has 0 bridgehead atoms. The lowest BCUT2D eigenvalue weighted by molar-refractivity contribution is -0.113. The molecule has 3 N–H and O–H groups in total. The number of ether oxygens (including phenoxy) is 3. The van der Waals surface area contributed by atoms with Crippen LogP contribution >= 0.6 is 0 Å². The molecule has 0 aliphatic carbocycles. The van der Waals surface area contributed by atoms with Crippen molar-refractivity contribution in [3.05, 3.63) is 58.7 Å². The van der Waals surface area contributed by atoms with Crippen molar-refractivity contribution in [3.8, 4) is 11.5 Å². The number of hydrogen-bond acceptors (Lipinski definition) is 6. The molecule has 0 saturated carbocycles. The summed E-state index contributed by atoms with van der Waals surface area (Å²) in [5.41, 5.74) is 3.60. The Morgan fingerprint density at radius 2 is 1.24 bits per heavy atom.